The topological polar surface area (TPSA) is 76.1 Å². The SMILES string of the molecule is O=C(O)CN(Cc1ccc(Cl)c(Cl)c1)C(=O)COc1ccccc1Oc1ccccc1. The maximum Gasteiger partial charge on any atom is 0.323 e. The molecule has 0 spiro atoms. The highest BCUT2D eigenvalue weighted by Gasteiger charge is 2.19. The van der Waals surface area contributed by atoms with Crippen molar-refractivity contribution in [2.24, 2.45) is 0 Å². The average Bonchev–Trinajstić information content (AvgIpc) is 2.75. The summed E-state index contributed by atoms with van der Waals surface area (Å²) in [5.74, 6) is -0.207. The van der Waals surface area contributed by atoms with E-state index in [0.29, 0.717) is 32.9 Å². The summed E-state index contributed by atoms with van der Waals surface area (Å²) in [6.07, 6.45) is 0. The molecule has 1 N–H and O–H groups in total. The van der Waals surface area contributed by atoms with Gasteiger partial charge in [-0.15, -0.1) is 0 Å². The van der Waals surface area contributed by atoms with Crippen LogP contribution in [0.15, 0.2) is 72.8 Å². The Morgan fingerprint density at radius 3 is 2.23 bits per heavy atom. The van der Waals surface area contributed by atoms with Gasteiger partial charge in [0.1, 0.15) is 12.3 Å². The first kappa shape index (κ1) is 22.5. The maximum absolute atomic E-state index is 12.7. The monoisotopic (exact) mass is 459 g/mol. The van der Waals surface area contributed by atoms with Crippen molar-refractivity contribution in [1.29, 1.82) is 0 Å². The van der Waals surface area contributed by atoms with Crippen LogP contribution in [-0.2, 0) is 16.1 Å². The van der Waals surface area contributed by atoms with E-state index in [2.05, 4.69) is 0 Å². The molecule has 3 aromatic carbocycles. The Hall–Kier alpha value is -3.22. The summed E-state index contributed by atoms with van der Waals surface area (Å²) in [5.41, 5.74) is 0.650. The normalized spacial score (nSPS) is 10.4. The zero-order valence-corrected chi connectivity index (χ0v) is 17.8. The second-order valence-electron chi connectivity index (χ2n) is 6.54. The first-order chi connectivity index (χ1) is 14.9. The van der Waals surface area contributed by atoms with E-state index in [-0.39, 0.29) is 13.2 Å². The first-order valence-electron chi connectivity index (χ1n) is 9.30. The van der Waals surface area contributed by atoms with E-state index in [1.54, 1.807) is 54.6 Å². The molecule has 1 amide bonds. The lowest BCUT2D eigenvalue weighted by Crippen LogP contribution is -2.38. The highest BCUT2D eigenvalue weighted by Crippen LogP contribution is 2.31. The number of carbonyl (C=O) groups excluding carboxylic acids is 1. The number of rotatable bonds is 9. The van der Waals surface area contributed by atoms with Crippen molar-refractivity contribution in [2.75, 3.05) is 13.2 Å². The Morgan fingerprint density at radius 2 is 1.55 bits per heavy atom. The van der Waals surface area contributed by atoms with E-state index in [1.165, 1.54) is 4.90 Å². The fraction of sp³-hybridized carbons (Fsp3) is 0.130. The fourth-order valence-corrected chi connectivity index (χ4v) is 3.07. The molecule has 6 nitrogen and oxygen atoms in total. The number of hydrogen-bond donors (Lipinski definition) is 1. The molecule has 0 unspecified atom stereocenters. The van der Waals surface area contributed by atoms with Gasteiger partial charge in [0.05, 0.1) is 10.0 Å². The second kappa shape index (κ2) is 10.7. The van der Waals surface area contributed by atoms with Crippen LogP contribution < -0.4 is 9.47 Å². The molecule has 0 saturated heterocycles. The molecule has 31 heavy (non-hydrogen) atoms. The van der Waals surface area contributed by atoms with Gasteiger partial charge in [-0.1, -0.05) is 59.6 Å². The molecule has 0 fully saturated rings. The van der Waals surface area contributed by atoms with Crippen molar-refractivity contribution in [3.63, 3.8) is 0 Å². The Bertz CT molecular complexity index is 1060. The number of carboxylic acid groups (broad SMARTS) is 1. The van der Waals surface area contributed by atoms with Crippen molar-refractivity contribution in [3.8, 4) is 17.2 Å². The van der Waals surface area contributed by atoms with Crippen LogP contribution in [-0.4, -0.2) is 35.0 Å². The van der Waals surface area contributed by atoms with Crippen LogP contribution in [0.5, 0.6) is 17.2 Å². The van der Waals surface area contributed by atoms with Crippen molar-refractivity contribution in [3.05, 3.63) is 88.4 Å². The molecule has 0 radical (unpaired) electrons. The molecule has 0 aliphatic rings. The highest BCUT2D eigenvalue weighted by atomic mass is 35.5. The zero-order valence-electron chi connectivity index (χ0n) is 16.3. The predicted molar refractivity (Wildman–Crippen MR) is 118 cm³/mol. The van der Waals surface area contributed by atoms with Crippen LogP contribution in [0.1, 0.15) is 5.56 Å². The molecule has 3 rings (SSSR count). The molecule has 0 heterocycles. The van der Waals surface area contributed by atoms with E-state index in [0.717, 1.165) is 0 Å². The molecule has 3 aromatic rings. The Balaban J connectivity index is 1.69. The second-order valence-corrected chi connectivity index (χ2v) is 7.36. The summed E-state index contributed by atoms with van der Waals surface area (Å²) in [4.78, 5) is 25.1. The molecule has 0 atom stereocenters. The number of carboxylic acids is 1. The highest BCUT2D eigenvalue weighted by molar-refractivity contribution is 6.42. The molecule has 0 aliphatic heterocycles. The number of amides is 1. The molecular formula is C23H19Cl2NO5. The minimum Gasteiger partial charge on any atom is -0.480 e. The summed E-state index contributed by atoms with van der Waals surface area (Å²) >= 11 is 11.9. The number of halogens is 2. The fourth-order valence-electron chi connectivity index (χ4n) is 2.75. The summed E-state index contributed by atoms with van der Waals surface area (Å²) in [7, 11) is 0. The van der Waals surface area contributed by atoms with E-state index < -0.39 is 18.4 Å². The van der Waals surface area contributed by atoms with Gasteiger partial charge in [-0.2, -0.15) is 0 Å². The standard InChI is InChI=1S/C23H19Cl2NO5/c24-18-11-10-16(12-19(18)25)13-26(14-23(28)29)22(27)15-30-20-8-4-5-9-21(20)31-17-6-2-1-3-7-17/h1-12H,13-15H2,(H,28,29). The van der Waals surface area contributed by atoms with Crippen LogP contribution in [0, 0.1) is 0 Å². The van der Waals surface area contributed by atoms with E-state index >= 15 is 0 Å². The van der Waals surface area contributed by atoms with Gasteiger partial charge in [0.15, 0.2) is 18.1 Å². The van der Waals surface area contributed by atoms with Crippen LogP contribution in [0.25, 0.3) is 0 Å². The largest absolute Gasteiger partial charge is 0.480 e. The smallest absolute Gasteiger partial charge is 0.323 e. The van der Waals surface area contributed by atoms with Crippen molar-refractivity contribution in [2.45, 2.75) is 6.54 Å². The van der Waals surface area contributed by atoms with Gasteiger partial charge < -0.3 is 19.5 Å². The zero-order chi connectivity index (χ0) is 22.2. The Morgan fingerprint density at radius 1 is 0.871 bits per heavy atom. The molecule has 0 saturated carbocycles. The third-order valence-electron chi connectivity index (χ3n) is 4.21. The average molecular weight is 460 g/mol. The maximum atomic E-state index is 12.7. The quantitative estimate of drug-likeness (QED) is 0.471. The Kier molecular flexibility index (Phi) is 7.76. The van der Waals surface area contributed by atoms with E-state index in [1.807, 2.05) is 18.2 Å². The number of carbonyl (C=O) groups is 2. The van der Waals surface area contributed by atoms with Gasteiger partial charge in [0, 0.05) is 6.54 Å². The molecule has 8 heteroatoms. The summed E-state index contributed by atoms with van der Waals surface area (Å²) in [6.45, 7) is -0.790. The number of aliphatic carboxylic acids is 1. The van der Waals surface area contributed by atoms with Crippen LogP contribution >= 0.6 is 23.2 Å². The van der Waals surface area contributed by atoms with Gasteiger partial charge in [0.2, 0.25) is 0 Å². The van der Waals surface area contributed by atoms with Crippen LogP contribution in [0.2, 0.25) is 10.0 Å². The van der Waals surface area contributed by atoms with E-state index in [9.17, 15) is 14.7 Å². The minimum atomic E-state index is -1.14. The molecule has 0 aliphatic carbocycles. The van der Waals surface area contributed by atoms with Crippen LogP contribution in [0.4, 0.5) is 0 Å². The van der Waals surface area contributed by atoms with Crippen LogP contribution in [0.3, 0.4) is 0 Å². The van der Waals surface area contributed by atoms with Crippen molar-refractivity contribution in [1.82, 2.24) is 4.90 Å². The lowest BCUT2D eigenvalue weighted by atomic mass is 10.2. The number of nitrogens with zero attached hydrogens (tertiary/aromatic N) is 1. The minimum absolute atomic E-state index is 0.0492. The lowest BCUT2D eigenvalue weighted by Gasteiger charge is -2.21. The lowest BCUT2D eigenvalue weighted by molar-refractivity contribution is -0.145. The Labute approximate surface area is 189 Å². The van der Waals surface area contributed by atoms with Gasteiger partial charge >= 0.3 is 5.97 Å². The first-order valence-corrected chi connectivity index (χ1v) is 10.1. The summed E-state index contributed by atoms with van der Waals surface area (Å²) < 4.78 is 11.5. The van der Waals surface area contributed by atoms with E-state index in [4.69, 9.17) is 32.7 Å². The molecular weight excluding hydrogens is 441 g/mol. The molecule has 160 valence electrons. The summed E-state index contributed by atoms with van der Waals surface area (Å²) in [6, 6.07) is 21.0. The third kappa shape index (κ3) is 6.64. The van der Waals surface area contributed by atoms with Gasteiger partial charge in [-0.3, -0.25) is 9.59 Å². The predicted octanol–water partition coefficient (Wildman–Crippen LogP) is 5.28. The third-order valence-corrected chi connectivity index (χ3v) is 4.95. The number of hydrogen-bond acceptors (Lipinski definition) is 4. The van der Waals surface area contributed by atoms with Crippen molar-refractivity contribution < 1.29 is 24.2 Å². The van der Waals surface area contributed by atoms with Crippen molar-refractivity contribution >= 4 is 35.1 Å². The number of ether oxygens (including phenoxy) is 2. The molecule has 0 aromatic heterocycles. The summed E-state index contributed by atoms with van der Waals surface area (Å²) in [5, 5.41) is 9.90. The number of para-hydroxylation sites is 3. The van der Waals surface area contributed by atoms with Gasteiger partial charge in [-0.05, 0) is 42.0 Å². The number of benzene rings is 3. The van der Waals surface area contributed by atoms with Gasteiger partial charge in [0.25, 0.3) is 5.91 Å². The molecule has 0 bridgehead atoms. The van der Waals surface area contributed by atoms with Gasteiger partial charge in [-0.25, -0.2) is 0 Å².